The standard InChI is InChI=1S/C18H22N4O2/c1-12-4-5-15(10-13(12)2)20-17(23)16-11-14(3)19-18(21-16)22-6-8-24-9-7-22/h4-5,10-11H,6-9H2,1-3H3,(H,20,23). The number of benzene rings is 1. The molecular formula is C18H22N4O2. The summed E-state index contributed by atoms with van der Waals surface area (Å²) in [5, 5.41) is 2.91. The quantitative estimate of drug-likeness (QED) is 0.938. The van der Waals surface area contributed by atoms with E-state index in [4.69, 9.17) is 4.74 Å². The number of hydrogen-bond acceptors (Lipinski definition) is 5. The molecule has 2 heterocycles. The number of amides is 1. The minimum Gasteiger partial charge on any atom is -0.378 e. The van der Waals surface area contributed by atoms with Gasteiger partial charge in [0, 0.05) is 24.5 Å². The second kappa shape index (κ2) is 6.97. The lowest BCUT2D eigenvalue weighted by Crippen LogP contribution is -2.37. The number of aromatic nitrogens is 2. The van der Waals surface area contributed by atoms with Crippen molar-refractivity contribution >= 4 is 17.5 Å². The lowest BCUT2D eigenvalue weighted by molar-refractivity contribution is 0.102. The molecule has 1 aliphatic rings. The van der Waals surface area contributed by atoms with Gasteiger partial charge in [-0.05, 0) is 50.1 Å². The number of anilines is 2. The third kappa shape index (κ3) is 3.71. The third-order valence-electron chi connectivity index (χ3n) is 4.13. The van der Waals surface area contributed by atoms with Crippen molar-refractivity contribution in [2.24, 2.45) is 0 Å². The van der Waals surface area contributed by atoms with Crippen LogP contribution in [0.15, 0.2) is 24.3 Å². The Hall–Kier alpha value is -2.47. The van der Waals surface area contributed by atoms with Crippen molar-refractivity contribution in [1.82, 2.24) is 9.97 Å². The van der Waals surface area contributed by atoms with Crippen LogP contribution in [0.4, 0.5) is 11.6 Å². The van der Waals surface area contributed by atoms with Gasteiger partial charge in [-0.3, -0.25) is 4.79 Å². The summed E-state index contributed by atoms with van der Waals surface area (Å²) in [5.74, 6) is 0.363. The molecule has 1 aliphatic heterocycles. The summed E-state index contributed by atoms with van der Waals surface area (Å²) in [7, 11) is 0. The van der Waals surface area contributed by atoms with Crippen LogP contribution in [-0.2, 0) is 4.74 Å². The van der Waals surface area contributed by atoms with Gasteiger partial charge in [-0.1, -0.05) is 6.07 Å². The number of carbonyl (C=O) groups excluding carboxylic acids is 1. The minimum atomic E-state index is -0.224. The molecule has 0 spiro atoms. The summed E-state index contributed by atoms with van der Waals surface area (Å²) in [6.07, 6.45) is 0. The highest BCUT2D eigenvalue weighted by Gasteiger charge is 2.17. The third-order valence-corrected chi connectivity index (χ3v) is 4.13. The van der Waals surface area contributed by atoms with Crippen molar-refractivity contribution < 1.29 is 9.53 Å². The fourth-order valence-electron chi connectivity index (χ4n) is 2.59. The Balaban J connectivity index is 1.81. The van der Waals surface area contributed by atoms with Crippen molar-refractivity contribution in [1.29, 1.82) is 0 Å². The zero-order chi connectivity index (χ0) is 17.1. The van der Waals surface area contributed by atoms with Gasteiger partial charge < -0.3 is 15.0 Å². The highest BCUT2D eigenvalue weighted by Crippen LogP contribution is 2.16. The molecule has 0 unspecified atom stereocenters. The maximum Gasteiger partial charge on any atom is 0.274 e. The van der Waals surface area contributed by atoms with Crippen molar-refractivity contribution in [2.75, 3.05) is 36.5 Å². The zero-order valence-corrected chi connectivity index (χ0v) is 14.3. The molecule has 1 saturated heterocycles. The second-order valence-corrected chi connectivity index (χ2v) is 6.05. The molecule has 126 valence electrons. The zero-order valence-electron chi connectivity index (χ0n) is 14.3. The largest absolute Gasteiger partial charge is 0.378 e. The van der Waals surface area contributed by atoms with E-state index in [9.17, 15) is 4.79 Å². The number of aryl methyl sites for hydroxylation is 3. The smallest absolute Gasteiger partial charge is 0.274 e. The maximum absolute atomic E-state index is 12.6. The van der Waals surface area contributed by atoms with Crippen molar-refractivity contribution in [2.45, 2.75) is 20.8 Å². The van der Waals surface area contributed by atoms with E-state index < -0.39 is 0 Å². The van der Waals surface area contributed by atoms with E-state index in [1.54, 1.807) is 6.07 Å². The van der Waals surface area contributed by atoms with Crippen LogP contribution >= 0.6 is 0 Å². The van der Waals surface area contributed by atoms with Gasteiger partial charge in [0.2, 0.25) is 5.95 Å². The average molecular weight is 326 g/mol. The van der Waals surface area contributed by atoms with Gasteiger partial charge in [0.25, 0.3) is 5.91 Å². The normalized spacial score (nSPS) is 14.5. The number of ether oxygens (including phenoxy) is 1. The Bertz CT molecular complexity index is 755. The van der Waals surface area contributed by atoms with Gasteiger partial charge in [-0.2, -0.15) is 0 Å². The van der Waals surface area contributed by atoms with E-state index >= 15 is 0 Å². The molecule has 0 aliphatic carbocycles. The van der Waals surface area contributed by atoms with Crippen LogP contribution in [0.1, 0.15) is 27.3 Å². The minimum absolute atomic E-state index is 0.224. The van der Waals surface area contributed by atoms with E-state index in [1.165, 1.54) is 5.56 Å². The SMILES string of the molecule is Cc1cc(C(=O)Nc2ccc(C)c(C)c2)nc(N2CCOCC2)n1. The summed E-state index contributed by atoms with van der Waals surface area (Å²) in [6.45, 7) is 8.73. The maximum atomic E-state index is 12.6. The first-order valence-corrected chi connectivity index (χ1v) is 8.10. The molecule has 3 rings (SSSR count). The number of hydrogen-bond donors (Lipinski definition) is 1. The predicted octanol–water partition coefficient (Wildman–Crippen LogP) is 2.49. The van der Waals surface area contributed by atoms with Crippen molar-refractivity contribution in [3.8, 4) is 0 Å². The summed E-state index contributed by atoms with van der Waals surface area (Å²) < 4.78 is 5.35. The Morgan fingerprint density at radius 3 is 2.54 bits per heavy atom. The van der Waals surface area contributed by atoms with Crippen molar-refractivity contribution in [3.05, 3.63) is 46.8 Å². The highest BCUT2D eigenvalue weighted by molar-refractivity contribution is 6.03. The van der Waals surface area contributed by atoms with E-state index in [1.807, 2.05) is 43.9 Å². The monoisotopic (exact) mass is 326 g/mol. The molecule has 1 aromatic carbocycles. The summed E-state index contributed by atoms with van der Waals surface area (Å²) >= 11 is 0. The first-order valence-electron chi connectivity index (χ1n) is 8.10. The van der Waals surface area contributed by atoms with Crippen LogP contribution in [0, 0.1) is 20.8 Å². The fourth-order valence-corrected chi connectivity index (χ4v) is 2.59. The predicted molar refractivity (Wildman–Crippen MR) is 93.7 cm³/mol. The molecule has 1 fully saturated rings. The number of nitrogens with one attached hydrogen (secondary N) is 1. The molecule has 1 N–H and O–H groups in total. The lowest BCUT2D eigenvalue weighted by atomic mass is 10.1. The molecular weight excluding hydrogens is 304 g/mol. The molecule has 24 heavy (non-hydrogen) atoms. The Kier molecular flexibility index (Phi) is 4.76. The van der Waals surface area contributed by atoms with E-state index in [0.717, 1.165) is 30.0 Å². The van der Waals surface area contributed by atoms with Crippen LogP contribution in [-0.4, -0.2) is 42.2 Å². The van der Waals surface area contributed by atoms with Gasteiger partial charge >= 0.3 is 0 Å². The highest BCUT2D eigenvalue weighted by atomic mass is 16.5. The number of carbonyl (C=O) groups is 1. The number of rotatable bonds is 3. The first-order chi connectivity index (χ1) is 11.5. The van der Waals surface area contributed by atoms with Gasteiger partial charge in [-0.25, -0.2) is 9.97 Å². The number of morpholine rings is 1. The first kappa shape index (κ1) is 16.4. The summed E-state index contributed by atoms with van der Waals surface area (Å²) in [5.41, 5.74) is 4.26. The molecule has 0 radical (unpaired) electrons. The molecule has 1 amide bonds. The van der Waals surface area contributed by atoms with Crippen LogP contribution in [0.3, 0.4) is 0 Å². The molecule has 0 bridgehead atoms. The second-order valence-electron chi connectivity index (χ2n) is 6.05. The molecule has 0 saturated carbocycles. The van der Waals surface area contributed by atoms with Gasteiger partial charge in [-0.15, -0.1) is 0 Å². The Morgan fingerprint density at radius 1 is 1.08 bits per heavy atom. The lowest BCUT2D eigenvalue weighted by Gasteiger charge is -2.27. The fraction of sp³-hybridized carbons (Fsp3) is 0.389. The Labute approximate surface area is 141 Å². The van der Waals surface area contributed by atoms with Crippen LogP contribution in [0.2, 0.25) is 0 Å². The van der Waals surface area contributed by atoms with Gasteiger partial charge in [0.05, 0.1) is 13.2 Å². The van der Waals surface area contributed by atoms with Crippen LogP contribution in [0.5, 0.6) is 0 Å². The van der Waals surface area contributed by atoms with Gasteiger partial charge in [0.1, 0.15) is 5.69 Å². The molecule has 0 atom stereocenters. The average Bonchev–Trinajstić information content (AvgIpc) is 2.58. The summed E-state index contributed by atoms with van der Waals surface area (Å²) in [6, 6.07) is 7.57. The molecule has 2 aromatic rings. The van der Waals surface area contributed by atoms with Crippen LogP contribution < -0.4 is 10.2 Å². The van der Waals surface area contributed by atoms with Gasteiger partial charge in [0.15, 0.2) is 0 Å². The Morgan fingerprint density at radius 2 is 1.83 bits per heavy atom. The van der Waals surface area contributed by atoms with Crippen LogP contribution in [0.25, 0.3) is 0 Å². The van der Waals surface area contributed by atoms with Crippen molar-refractivity contribution in [3.63, 3.8) is 0 Å². The molecule has 6 heteroatoms. The topological polar surface area (TPSA) is 67.4 Å². The number of nitrogens with zero attached hydrogens (tertiary/aromatic N) is 3. The van der Waals surface area contributed by atoms with E-state index in [0.29, 0.717) is 24.9 Å². The van der Waals surface area contributed by atoms with E-state index in [2.05, 4.69) is 15.3 Å². The van der Waals surface area contributed by atoms with E-state index in [-0.39, 0.29) is 5.91 Å². The molecule has 1 aromatic heterocycles. The summed E-state index contributed by atoms with van der Waals surface area (Å²) in [4.78, 5) is 23.5. The molecule has 6 nitrogen and oxygen atoms in total.